The third kappa shape index (κ3) is 4.55. The third-order valence-corrected chi connectivity index (χ3v) is 4.99. The molecule has 1 heterocycles. The number of phenolic OH excluding ortho intramolecular Hbond substituents is 1. The molecule has 0 aromatic heterocycles. The van der Waals surface area contributed by atoms with Crippen LogP contribution in [0.15, 0.2) is 46.0 Å². The van der Waals surface area contributed by atoms with E-state index in [0.29, 0.717) is 22.0 Å². The zero-order valence-corrected chi connectivity index (χ0v) is 16.4. The molecule has 26 heavy (non-hydrogen) atoms. The minimum atomic E-state index is -0.483. The monoisotopic (exact) mass is 456 g/mol. The molecule has 2 aromatic rings. The van der Waals surface area contributed by atoms with E-state index in [9.17, 15) is 9.90 Å². The number of amides is 1. The van der Waals surface area contributed by atoms with Crippen LogP contribution in [0.1, 0.15) is 23.6 Å². The number of hydrazone groups is 1. The Morgan fingerprint density at radius 3 is 2.88 bits per heavy atom. The maximum Gasteiger partial charge on any atom is 0.258 e. The number of hydrazine groups is 1. The second-order valence-electron chi connectivity index (χ2n) is 5.73. The van der Waals surface area contributed by atoms with Crippen LogP contribution in [0.3, 0.4) is 0 Å². The molecule has 1 amide bonds. The maximum absolute atomic E-state index is 12.3. The highest BCUT2D eigenvalue weighted by Crippen LogP contribution is 2.30. The lowest BCUT2D eigenvalue weighted by Crippen LogP contribution is -2.41. The van der Waals surface area contributed by atoms with Gasteiger partial charge in [-0.1, -0.05) is 39.1 Å². The second-order valence-corrected chi connectivity index (χ2v) is 7.49. The third-order valence-electron chi connectivity index (χ3n) is 3.92. The lowest BCUT2D eigenvalue weighted by atomic mass is 10.0. The summed E-state index contributed by atoms with van der Waals surface area (Å²) in [6.07, 6.45) is 1.87. The largest absolute Gasteiger partial charge is 0.507 e. The molecule has 1 saturated heterocycles. The van der Waals surface area contributed by atoms with Gasteiger partial charge < -0.3 is 5.11 Å². The van der Waals surface area contributed by atoms with Gasteiger partial charge in [0.15, 0.2) is 0 Å². The van der Waals surface area contributed by atoms with Crippen LogP contribution >= 0.6 is 39.1 Å². The molecule has 2 atom stereocenters. The first kappa shape index (κ1) is 19.1. The van der Waals surface area contributed by atoms with Gasteiger partial charge in [0.05, 0.1) is 6.21 Å². The van der Waals surface area contributed by atoms with Crippen LogP contribution in [0.25, 0.3) is 0 Å². The van der Waals surface area contributed by atoms with Crippen molar-refractivity contribution in [2.24, 2.45) is 5.10 Å². The minimum Gasteiger partial charge on any atom is -0.507 e. The predicted octanol–water partition coefficient (Wildman–Crippen LogP) is 3.52. The van der Waals surface area contributed by atoms with Gasteiger partial charge in [-0.25, -0.2) is 16.3 Å². The van der Waals surface area contributed by atoms with E-state index in [1.54, 1.807) is 30.3 Å². The van der Waals surface area contributed by atoms with Gasteiger partial charge in [-0.3, -0.25) is 4.79 Å². The topological polar surface area (TPSA) is 85.8 Å². The zero-order chi connectivity index (χ0) is 18.7. The van der Waals surface area contributed by atoms with Crippen LogP contribution in [0.5, 0.6) is 5.75 Å². The molecule has 4 N–H and O–H groups in total. The first-order chi connectivity index (χ1) is 12.4. The van der Waals surface area contributed by atoms with Gasteiger partial charge >= 0.3 is 0 Å². The molecule has 9 heteroatoms. The first-order valence-corrected chi connectivity index (χ1v) is 9.26. The van der Waals surface area contributed by atoms with Gasteiger partial charge in [0.2, 0.25) is 0 Å². The van der Waals surface area contributed by atoms with E-state index in [1.807, 2.05) is 0 Å². The Hall–Kier alpha value is -1.64. The predicted molar refractivity (Wildman–Crippen MR) is 105 cm³/mol. The average molecular weight is 458 g/mol. The SMILES string of the molecule is O=C(N/N=C/c1cc(Br)ccc1O)C1CC(c2cc(Cl)ccc2Cl)NN1. The van der Waals surface area contributed by atoms with Gasteiger partial charge in [0.25, 0.3) is 5.91 Å². The van der Waals surface area contributed by atoms with Crippen molar-refractivity contribution in [1.29, 1.82) is 0 Å². The van der Waals surface area contributed by atoms with Crippen molar-refractivity contribution >= 4 is 51.3 Å². The fourth-order valence-corrected chi connectivity index (χ4v) is 3.39. The molecule has 2 unspecified atom stereocenters. The number of nitrogens with one attached hydrogen (secondary N) is 3. The second kappa shape index (κ2) is 8.37. The molecule has 0 aliphatic carbocycles. The van der Waals surface area contributed by atoms with Crippen LogP contribution in [0.2, 0.25) is 10.0 Å². The van der Waals surface area contributed by atoms with E-state index in [0.717, 1.165) is 10.0 Å². The number of hydrogen-bond acceptors (Lipinski definition) is 5. The molecule has 0 saturated carbocycles. The molecule has 3 rings (SSSR count). The van der Waals surface area contributed by atoms with Crippen LogP contribution < -0.4 is 16.3 Å². The van der Waals surface area contributed by atoms with E-state index in [4.69, 9.17) is 23.2 Å². The minimum absolute atomic E-state index is 0.0718. The van der Waals surface area contributed by atoms with Crippen molar-refractivity contribution in [1.82, 2.24) is 16.3 Å². The first-order valence-electron chi connectivity index (χ1n) is 7.71. The lowest BCUT2D eigenvalue weighted by Gasteiger charge is -2.12. The van der Waals surface area contributed by atoms with Crippen LogP contribution in [0, 0.1) is 0 Å². The Balaban J connectivity index is 1.60. The van der Waals surface area contributed by atoms with Gasteiger partial charge in [0, 0.05) is 26.1 Å². The number of aromatic hydroxyl groups is 1. The quantitative estimate of drug-likeness (QED) is 0.418. The van der Waals surface area contributed by atoms with Crippen molar-refractivity contribution in [2.45, 2.75) is 18.5 Å². The summed E-state index contributed by atoms with van der Waals surface area (Å²) in [4.78, 5) is 12.3. The van der Waals surface area contributed by atoms with E-state index < -0.39 is 6.04 Å². The number of nitrogens with zero attached hydrogens (tertiary/aromatic N) is 1. The van der Waals surface area contributed by atoms with E-state index in [-0.39, 0.29) is 17.7 Å². The number of carbonyl (C=O) groups excluding carboxylic acids is 1. The van der Waals surface area contributed by atoms with Crippen LogP contribution in [-0.2, 0) is 4.79 Å². The van der Waals surface area contributed by atoms with Crippen molar-refractivity contribution in [2.75, 3.05) is 0 Å². The molecule has 0 spiro atoms. The van der Waals surface area contributed by atoms with Crippen molar-refractivity contribution in [3.63, 3.8) is 0 Å². The summed E-state index contributed by atoms with van der Waals surface area (Å²) in [5, 5.41) is 14.8. The number of halogens is 3. The van der Waals surface area contributed by atoms with Crippen LogP contribution in [0.4, 0.5) is 0 Å². The standard InChI is InChI=1S/C17H15BrCl2N4O2/c18-10-1-4-16(25)9(5-10)8-21-24-17(26)15-7-14(22-23-15)12-6-11(19)2-3-13(12)20/h1-6,8,14-15,22-23,25H,7H2,(H,24,26)/b21-8+. The summed E-state index contributed by atoms with van der Waals surface area (Å²) in [7, 11) is 0. The summed E-state index contributed by atoms with van der Waals surface area (Å²) in [5.74, 6) is -0.230. The van der Waals surface area contributed by atoms with E-state index >= 15 is 0 Å². The number of phenols is 1. The smallest absolute Gasteiger partial charge is 0.258 e. The van der Waals surface area contributed by atoms with Crippen molar-refractivity contribution in [3.8, 4) is 5.75 Å². The molecular weight excluding hydrogens is 443 g/mol. The zero-order valence-electron chi connectivity index (χ0n) is 13.3. The summed E-state index contributed by atoms with van der Waals surface area (Å²) >= 11 is 15.5. The summed E-state index contributed by atoms with van der Waals surface area (Å²) in [5.41, 5.74) is 9.74. The highest BCUT2D eigenvalue weighted by molar-refractivity contribution is 9.10. The summed E-state index contributed by atoms with van der Waals surface area (Å²) in [6.45, 7) is 0. The summed E-state index contributed by atoms with van der Waals surface area (Å²) < 4.78 is 0.797. The molecule has 1 aliphatic heterocycles. The molecule has 0 radical (unpaired) electrons. The van der Waals surface area contributed by atoms with Gasteiger partial charge in [-0.2, -0.15) is 5.10 Å². The Bertz CT molecular complexity index is 863. The molecule has 136 valence electrons. The fourth-order valence-electron chi connectivity index (χ4n) is 2.59. The highest BCUT2D eigenvalue weighted by Gasteiger charge is 2.31. The van der Waals surface area contributed by atoms with Gasteiger partial charge in [-0.05, 0) is 48.4 Å². The van der Waals surface area contributed by atoms with Crippen LogP contribution in [-0.4, -0.2) is 23.3 Å². The maximum atomic E-state index is 12.3. The molecular formula is C17H15BrCl2N4O2. The van der Waals surface area contributed by atoms with E-state index in [2.05, 4.69) is 37.3 Å². The van der Waals surface area contributed by atoms with Crippen molar-refractivity contribution < 1.29 is 9.90 Å². The fraction of sp³-hybridized carbons (Fsp3) is 0.176. The van der Waals surface area contributed by atoms with Gasteiger partial charge in [0.1, 0.15) is 11.8 Å². The molecule has 1 fully saturated rings. The summed E-state index contributed by atoms with van der Waals surface area (Å²) in [6, 6.07) is 9.53. The lowest BCUT2D eigenvalue weighted by molar-refractivity contribution is -0.122. The normalized spacial score (nSPS) is 19.8. The Kier molecular flexibility index (Phi) is 6.16. The number of carbonyl (C=O) groups is 1. The molecule has 1 aliphatic rings. The molecule has 2 aromatic carbocycles. The number of benzene rings is 2. The number of rotatable bonds is 4. The van der Waals surface area contributed by atoms with Gasteiger partial charge in [-0.15, -0.1) is 0 Å². The van der Waals surface area contributed by atoms with E-state index in [1.165, 1.54) is 12.3 Å². The average Bonchev–Trinajstić information content (AvgIpc) is 3.10. The Labute approximate surface area is 168 Å². The Morgan fingerprint density at radius 1 is 1.27 bits per heavy atom. The molecule has 6 nitrogen and oxygen atoms in total. The Morgan fingerprint density at radius 2 is 2.08 bits per heavy atom. The molecule has 0 bridgehead atoms. The van der Waals surface area contributed by atoms with Crippen molar-refractivity contribution in [3.05, 3.63) is 62.0 Å². The number of hydrogen-bond donors (Lipinski definition) is 4. The highest BCUT2D eigenvalue weighted by atomic mass is 79.9.